The third-order valence-corrected chi connectivity index (χ3v) is 3.97. The molecule has 5 heteroatoms. The van der Waals surface area contributed by atoms with Crippen molar-refractivity contribution in [3.05, 3.63) is 34.9 Å². The van der Waals surface area contributed by atoms with Crippen LogP contribution in [-0.2, 0) is 16.0 Å². The number of aryl methyl sites for hydroxylation is 2. The predicted molar refractivity (Wildman–Crippen MR) is 81.8 cm³/mol. The summed E-state index contributed by atoms with van der Waals surface area (Å²) in [6, 6.07) is 6.15. The fourth-order valence-electron chi connectivity index (χ4n) is 2.75. The van der Waals surface area contributed by atoms with E-state index in [1.165, 1.54) is 0 Å². The molecule has 1 fully saturated rings. The summed E-state index contributed by atoms with van der Waals surface area (Å²) >= 11 is 0. The van der Waals surface area contributed by atoms with Gasteiger partial charge in [0, 0.05) is 12.6 Å². The average Bonchev–Trinajstić information content (AvgIpc) is 2.93. The summed E-state index contributed by atoms with van der Waals surface area (Å²) < 4.78 is 0. The number of nitrogens with two attached hydrogens (primary N) is 1. The van der Waals surface area contributed by atoms with Crippen LogP contribution in [0.3, 0.4) is 0 Å². The van der Waals surface area contributed by atoms with E-state index >= 15 is 0 Å². The van der Waals surface area contributed by atoms with Gasteiger partial charge < -0.3 is 16.0 Å². The first-order chi connectivity index (χ1) is 9.97. The van der Waals surface area contributed by atoms with Crippen LogP contribution in [0, 0.1) is 13.8 Å². The predicted octanol–water partition coefficient (Wildman–Crippen LogP) is 0.522. The summed E-state index contributed by atoms with van der Waals surface area (Å²) in [5.74, 6) is -0.493. The SMILES string of the molecule is Cc1ccc(C)c(CC(=O)N(CC(N)=O)C2CCNC2)c1. The Morgan fingerprint density at radius 2 is 2.14 bits per heavy atom. The van der Waals surface area contributed by atoms with Crippen molar-refractivity contribution in [2.45, 2.75) is 32.7 Å². The summed E-state index contributed by atoms with van der Waals surface area (Å²) in [5.41, 5.74) is 8.53. The van der Waals surface area contributed by atoms with Crippen molar-refractivity contribution in [3.8, 4) is 0 Å². The standard InChI is InChI=1S/C16H23N3O2/c1-11-3-4-12(2)13(7-11)8-16(21)19(10-15(17)20)14-5-6-18-9-14/h3-4,7,14,18H,5-6,8-10H2,1-2H3,(H2,17,20). The van der Waals surface area contributed by atoms with Crippen LogP contribution in [0.2, 0.25) is 0 Å². The molecule has 1 aliphatic heterocycles. The molecular formula is C16H23N3O2. The molecule has 1 aliphatic rings. The number of hydrogen-bond donors (Lipinski definition) is 2. The molecule has 21 heavy (non-hydrogen) atoms. The molecule has 5 nitrogen and oxygen atoms in total. The topological polar surface area (TPSA) is 75.4 Å². The van der Waals surface area contributed by atoms with Crippen LogP contribution in [0.15, 0.2) is 18.2 Å². The Labute approximate surface area is 125 Å². The van der Waals surface area contributed by atoms with Crippen LogP contribution in [0.25, 0.3) is 0 Å². The maximum absolute atomic E-state index is 12.6. The quantitative estimate of drug-likeness (QED) is 0.830. The zero-order valence-electron chi connectivity index (χ0n) is 12.7. The molecule has 1 heterocycles. The van der Waals surface area contributed by atoms with E-state index < -0.39 is 5.91 Å². The number of benzene rings is 1. The second-order valence-corrected chi connectivity index (χ2v) is 5.74. The van der Waals surface area contributed by atoms with Gasteiger partial charge in [0.25, 0.3) is 0 Å². The number of nitrogens with zero attached hydrogens (tertiary/aromatic N) is 1. The van der Waals surface area contributed by atoms with E-state index in [1.54, 1.807) is 4.90 Å². The Hall–Kier alpha value is -1.88. The monoisotopic (exact) mass is 289 g/mol. The van der Waals surface area contributed by atoms with E-state index in [1.807, 2.05) is 32.0 Å². The third-order valence-electron chi connectivity index (χ3n) is 3.97. The molecule has 2 rings (SSSR count). The van der Waals surface area contributed by atoms with Crippen molar-refractivity contribution in [1.82, 2.24) is 10.2 Å². The highest BCUT2D eigenvalue weighted by Crippen LogP contribution is 2.15. The van der Waals surface area contributed by atoms with E-state index in [-0.39, 0.29) is 18.5 Å². The lowest BCUT2D eigenvalue weighted by molar-refractivity contribution is -0.136. The first kappa shape index (κ1) is 15.5. The number of carbonyl (C=O) groups is 2. The molecule has 2 amide bonds. The molecule has 1 aromatic rings. The highest BCUT2D eigenvalue weighted by atomic mass is 16.2. The van der Waals surface area contributed by atoms with Gasteiger partial charge in [-0.3, -0.25) is 9.59 Å². The lowest BCUT2D eigenvalue weighted by Crippen LogP contribution is -2.46. The molecule has 1 unspecified atom stereocenters. The van der Waals surface area contributed by atoms with Gasteiger partial charge >= 0.3 is 0 Å². The van der Waals surface area contributed by atoms with Gasteiger partial charge in [-0.25, -0.2) is 0 Å². The minimum absolute atomic E-state index is 0.00393. The third kappa shape index (κ3) is 4.04. The van der Waals surface area contributed by atoms with Crippen LogP contribution in [0.1, 0.15) is 23.1 Å². The first-order valence-corrected chi connectivity index (χ1v) is 7.32. The summed E-state index contributed by atoms with van der Waals surface area (Å²) in [6.45, 7) is 5.60. The molecule has 1 saturated heterocycles. The van der Waals surface area contributed by atoms with Gasteiger partial charge in [0.05, 0.1) is 13.0 Å². The molecule has 0 saturated carbocycles. The molecule has 114 valence electrons. The van der Waals surface area contributed by atoms with Gasteiger partial charge in [0.2, 0.25) is 11.8 Å². The number of primary amides is 1. The molecular weight excluding hydrogens is 266 g/mol. The highest BCUT2D eigenvalue weighted by Gasteiger charge is 2.27. The lowest BCUT2D eigenvalue weighted by atomic mass is 10.0. The summed E-state index contributed by atoms with van der Waals surface area (Å²) in [5, 5.41) is 3.22. The molecule has 0 aliphatic carbocycles. The Morgan fingerprint density at radius 1 is 1.38 bits per heavy atom. The van der Waals surface area contributed by atoms with Crippen LogP contribution >= 0.6 is 0 Å². The summed E-state index contributed by atoms with van der Waals surface area (Å²) in [7, 11) is 0. The average molecular weight is 289 g/mol. The van der Waals surface area contributed by atoms with Crippen molar-refractivity contribution in [2.75, 3.05) is 19.6 Å². The van der Waals surface area contributed by atoms with Gasteiger partial charge in [-0.2, -0.15) is 0 Å². The highest BCUT2D eigenvalue weighted by molar-refractivity contribution is 5.85. The fraction of sp³-hybridized carbons (Fsp3) is 0.500. The zero-order valence-corrected chi connectivity index (χ0v) is 12.7. The van der Waals surface area contributed by atoms with E-state index in [4.69, 9.17) is 5.73 Å². The smallest absolute Gasteiger partial charge is 0.237 e. The largest absolute Gasteiger partial charge is 0.368 e. The van der Waals surface area contributed by atoms with Crippen molar-refractivity contribution >= 4 is 11.8 Å². The zero-order chi connectivity index (χ0) is 15.4. The Morgan fingerprint density at radius 3 is 2.76 bits per heavy atom. The molecule has 0 spiro atoms. The number of rotatable bonds is 5. The maximum atomic E-state index is 12.6. The minimum atomic E-state index is -0.462. The summed E-state index contributed by atoms with van der Waals surface area (Å²) in [4.78, 5) is 25.5. The molecule has 1 aromatic carbocycles. The van der Waals surface area contributed by atoms with E-state index in [0.717, 1.165) is 36.2 Å². The second kappa shape index (κ2) is 6.72. The second-order valence-electron chi connectivity index (χ2n) is 5.74. The Balaban J connectivity index is 2.13. The van der Waals surface area contributed by atoms with Crippen LogP contribution in [0.5, 0.6) is 0 Å². The van der Waals surface area contributed by atoms with Gasteiger partial charge in [-0.1, -0.05) is 23.8 Å². The lowest BCUT2D eigenvalue weighted by Gasteiger charge is -2.27. The fourth-order valence-corrected chi connectivity index (χ4v) is 2.75. The van der Waals surface area contributed by atoms with Gasteiger partial charge in [0.15, 0.2) is 0 Å². The van der Waals surface area contributed by atoms with Gasteiger partial charge in [-0.05, 0) is 37.9 Å². The number of carbonyl (C=O) groups excluding carboxylic acids is 2. The summed E-state index contributed by atoms with van der Waals surface area (Å²) in [6.07, 6.45) is 1.18. The van der Waals surface area contributed by atoms with Crippen molar-refractivity contribution in [1.29, 1.82) is 0 Å². The van der Waals surface area contributed by atoms with Crippen molar-refractivity contribution in [2.24, 2.45) is 5.73 Å². The van der Waals surface area contributed by atoms with Crippen molar-refractivity contribution in [3.63, 3.8) is 0 Å². The first-order valence-electron chi connectivity index (χ1n) is 7.32. The molecule has 1 atom stereocenters. The maximum Gasteiger partial charge on any atom is 0.237 e. The van der Waals surface area contributed by atoms with E-state index in [2.05, 4.69) is 5.32 Å². The van der Waals surface area contributed by atoms with Crippen molar-refractivity contribution < 1.29 is 9.59 Å². The van der Waals surface area contributed by atoms with Crippen LogP contribution < -0.4 is 11.1 Å². The molecule has 3 N–H and O–H groups in total. The molecule has 0 bridgehead atoms. The van der Waals surface area contributed by atoms with Gasteiger partial charge in [0.1, 0.15) is 0 Å². The minimum Gasteiger partial charge on any atom is -0.368 e. The number of nitrogens with one attached hydrogen (secondary N) is 1. The Bertz CT molecular complexity index is 536. The van der Waals surface area contributed by atoms with Crippen LogP contribution in [0.4, 0.5) is 0 Å². The molecule has 0 radical (unpaired) electrons. The van der Waals surface area contributed by atoms with E-state index in [9.17, 15) is 9.59 Å². The Kier molecular flexibility index (Phi) is 4.96. The molecule has 0 aromatic heterocycles. The van der Waals surface area contributed by atoms with E-state index in [0.29, 0.717) is 6.42 Å². The van der Waals surface area contributed by atoms with Gasteiger partial charge in [-0.15, -0.1) is 0 Å². The van der Waals surface area contributed by atoms with Crippen LogP contribution in [-0.4, -0.2) is 42.4 Å². The normalized spacial score (nSPS) is 17.7. The number of hydrogen-bond acceptors (Lipinski definition) is 3. The number of amides is 2.